The average molecular weight is 398 g/mol. The molecule has 2 aliphatic rings. The molecule has 5 rings (SSSR count). The van der Waals surface area contributed by atoms with Gasteiger partial charge in [0.2, 0.25) is 0 Å². The Morgan fingerprint density at radius 1 is 1.24 bits per heavy atom. The molecule has 0 bridgehead atoms. The van der Waals surface area contributed by atoms with Gasteiger partial charge in [0, 0.05) is 19.0 Å². The van der Waals surface area contributed by atoms with E-state index in [2.05, 4.69) is 20.5 Å². The summed E-state index contributed by atoms with van der Waals surface area (Å²) < 4.78 is 25.4. The topological polar surface area (TPSA) is 99.2 Å². The smallest absolute Gasteiger partial charge is 0.280 e. The van der Waals surface area contributed by atoms with Gasteiger partial charge in [-0.05, 0) is 43.5 Å². The van der Waals surface area contributed by atoms with Crippen LogP contribution < -0.4 is 4.74 Å². The number of hydrogen-bond acceptors (Lipinski definition) is 7. The maximum absolute atomic E-state index is 12.9. The lowest BCUT2D eigenvalue weighted by molar-refractivity contribution is -0.132. The lowest BCUT2D eigenvalue weighted by atomic mass is 10.3. The molecule has 2 aromatic heterocycles. The number of nitrogens with zero attached hydrogens (tertiary/aromatic N) is 6. The van der Waals surface area contributed by atoms with Crippen molar-refractivity contribution < 1.29 is 18.4 Å². The number of carbonyl (C=O) groups is 1. The zero-order chi connectivity index (χ0) is 19.8. The molecule has 0 unspecified atom stereocenters. The summed E-state index contributed by atoms with van der Waals surface area (Å²) in [5.41, 5.74) is 0.536. The molecule has 3 heterocycles. The Hall–Kier alpha value is -3.30. The van der Waals surface area contributed by atoms with Crippen LogP contribution in [-0.2, 0) is 4.79 Å². The molecule has 10 heteroatoms. The lowest BCUT2D eigenvalue weighted by Crippen LogP contribution is -2.33. The van der Waals surface area contributed by atoms with Crippen LogP contribution in [0.15, 0.2) is 35.0 Å². The average Bonchev–Trinajstić information content (AvgIpc) is 3.16. The highest BCUT2D eigenvalue weighted by molar-refractivity contribution is 5.78. The number of carbonyl (C=O) groups excluding carboxylic acids is 1. The van der Waals surface area contributed by atoms with E-state index in [4.69, 9.17) is 9.26 Å². The highest BCUT2D eigenvalue weighted by Crippen LogP contribution is 2.38. The van der Waals surface area contributed by atoms with E-state index >= 15 is 0 Å². The first kappa shape index (κ1) is 17.8. The first-order valence-electron chi connectivity index (χ1n) is 9.57. The Labute approximate surface area is 165 Å². The third-order valence-corrected chi connectivity index (χ3v) is 5.18. The van der Waals surface area contributed by atoms with Gasteiger partial charge < -0.3 is 14.2 Å². The summed E-state index contributed by atoms with van der Waals surface area (Å²) in [5, 5.41) is 12.3. The van der Waals surface area contributed by atoms with E-state index in [0.717, 1.165) is 25.1 Å². The van der Waals surface area contributed by atoms with Crippen LogP contribution in [0.2, 0.25) is 0 Å². The van der Waals surface area contributed by atoms with Crippen LogP contribution >= 0.6 is 0 Å². The second-order valence-electron chi connectivity index (χ2n) is 7.34. The number of amides is 1. The Balaban J connectivity index is 1.17. The van der Waals surface area contributed by atoms with Gasteiger partial charge in [-0.3, -0.25) is 4.79 Å². The minimum absolute atomic E-state index is 0.0249. The molecule has 150 valence electrons. The molecule has 0 radical (unpaired) electrons. The molecule has 29 heavy (non-hydrogen) atoms. The summed E-state index contributed by atoms with van der Waals surface area (Å²) in [5.74, 6) is 1.51. The van der Waals surface area contributed by atoms with Gasteiger partial charge in [-0.1, -0.05) is 10.4 Å². The summed E-state index contributed by atoms with van der Waals surface area (Å²) in [6, 6.07) is 5.62. The summed E-state index contributed by atoms with van der Waals surface area (Å²) in [7, 11) is 0. The zero-order valence-corrected chi connectivity index (χ0v) is 15.6. The molecule has 0 spiro atoms. The fourth-order valence-electron chi connectivity index (χ4n) is 3.35. The maximum atomic E-state index is 12.9. The van der Waals surface area contributed by atoms with Crippen molar-refractivity contribution >= 4 is 5.91 Å². The number of halogens is 1. The van der Waals surface area contributed by atoms with Crippen LogP contribution in [0.1, 0.15) is 37.0 Å². The first-order chi connectivity index (χ1) is 14.2. The van der Waals surface area contributed by atoms with Gasteiger partial charge in [-0.15, -0.1) is 5.10 Å². The van der Waals surface area contributed by atoms with E-state index < -0.39 is 0 Å². The van der Waals surface area contributed by atoms with Gasteiger partial charge in [-0.25, -0.2) is 9.07 Å². The molecule has 0 N–H and O–H groups in total. The number of likely N-dealkylation sites (tertiary alicyclic amines) is 1. The van der Waals surface area contributed by atoms with Crippen molar-refractivity contribution in [2.45, 2.75) is 31.2 Å². The van der Waals surface area contributed by atoms with E-state index in [9.17, 15) is 9.18 Å². The van der Waals surface area contributed by atoms with E-state index in [1.54, 1.807) is 15.8 Å². The van der Waals surface area contributed by atoms with Crippen molar-refractivity contribution in [2.75, 3.05) is 19.7 Å². The van der Waals surface area contributed by atoms with E-state index in [0.29, 0.717) is 36.3 Å². The van der Waals surface area contributed by atoms with E-state index in [-0.39, 0.29) is 24.4 Å². The molecule has 1 aromatic carbocycles. The van der Waals surface area contributed by atoms with Gasteiger partial charge in [0.25, 0.3) is 11.8 Å². The van der Waals surface area contributed by atoms with E-state index in [1.165, 1.54) is 24.3 Å². The third-order valence-electron chi connectivity index (χ3n) is 5.18. The Morgan fingerprint density at radius 2 is 2.07 bits per heavy atom. The second-order valence-corrected chi connectivity index (χ2v) is 7.34. The maximum Gasteiger partial charge on any atom is 0.280 e. The monoisotopic (exact) mass is 398 g/mol. The predicted octanol–water partition coefficient (Wildman–Crippen LogP) is 2.20. The number of ether oxygens (including phenoxy) is 1. The minimum atomic E-state index is -0.345. The normalized spacial score (nSPS) is 18.9. The molecule has 1 amide bonds. The Kier molecular flexibility index (Phi) is 4.45. The fraction of sp³-hybridized carbons (Fsp3) is 0.421. The molecule has 1 aliphatic carbocycles. The van der Waals surface area contributed by atoms with Gasteiger partial charge in [-0.2, -0.15) is 4.98 Å². The van der Waals surface area contributed by atoms with Crippen LogP contribution in [0.4, 0.5) is 4.39 Å². The molecule has 3 aromatic rings. The molecule has 1 atom stereocenters. The second kappa shape index (κ2) is 7.26. The number of rotatable bonds is 6. The van der Waals surface area contributed by atoms with Crippen molar-refractivity contribution in [1.82, 2.24) is 30.0 Å². The quantitative estimate of drug-likeness (QED) is 0.628. The van der Waals surface area contributed by atoms with Crippen LogP contribution in [0.3, 0.4) is 0 Å². The minimum Gasteiger partial charge on any atom is -0.484 e. The standard InChI is InChI=1S/C19H19FN6O3/c20-13-3-5-15(6-4-13)28-11-17(27)25-8-7-14(9-25)26-10-16(22-24-26)19-21-18(23-29-19)12-1-2-12/h3-6,10,12,14H,1-2,7-9,11H2/t14-/m0/s1. The first-order valence-corrected chi connectivity index (χ1v) is 9.57. The van der Waals surface area contributed by atoms with Crippen molar-refractivity contribution in [1.29, 1.82) is 0 Å². The van der Waals surface area contributed by atoms with Gasteiger partial charge >= 0.3 is 0 Å². The van der Waals surface area contributed by atoms with Crippen molar-refractivity contribution in [3.05, 3.63) is 42.1 Å². The molecule has 1 aliphatic heterocycles. The van der Waals surface area contributed by atoms with Gasteiger partial charge in [0.05, 0.1) is 12.2 Å². The fourth-order valence-corrected chi connectivity index (χ4v) is 3.35. The number of benzene rings is 1. The Morgan fingerprint density at radius 3 is 2.86 bits per heavy atom. The molecular formula is C19H19FN6O3. The molecular weight excluding hydrogens is 379 g/mol. The SMILES string of the molecule is O=C(COc1ccc(F)cc1)N1CC[C@H](n2cc(-c3nc(C4CC4)no3)nn2)C1. The molecule has 2 fully saturated rings. The molecule has 9 nitrogen and oxygen atoms in total. The van der Waals surface area contributed by atoms with Crippen molar-refractivity contribution in [2.24, 2.45) is 0 Å². The van der Waals surface area contributed by atoms with Crippen LogP contribution in [0, 0.1) is 5.82 Å². The zero-order valence-electron chi connectivity index (χ0n) is 15.6. The largest absolute Gasteiger partial charge is 0.484 e. The van der Waals surface area contributed by atoms with Crippen molar-refractivity contribution in [3.8, 4) is 17.3 Å². The van der Waals surface area contributed by atoms with Crippen molar-refractivity contribution in [3.63, 3.8) is 0 Å². The van der Waals surface area contributed by atoms with Crippen LogP contribution in [-0.4, -0.2) is 55.6 Å². The number of hydrogen-bond donors (Lipinski definition) is 0. The summed E-state index contributed by atoms with van der Waals surface area (Å²) in [6.07, 6.45) is 4.74. The molecule has 1 saturated heterocycles. The number of aromatic nitrogens is 5. The highest BCUT2D eigenvalue weighted by atomic mass is 19.1. The Bertz CT molecular complexity index is 1010. The summed E-state index contributed by atoms with van der Waals surface area (Å²) in [6.45, 7) is 1.04. The third kappa shape index (κ3) is 3.82. The lowest BCUT2D eigenvalue weighted by Gasteiger charge is -2.16. The highest BCUT2D eigenvalue weighted by Gasteiger charge is 2.31. The summed E-state index contributed by atoms with van der Waals surface area (Å²) >= 11 is 0. The molecule has 1 saturated carbocycles. The van der Waals surface area contributed by atoms with Gasteiger partial charge in [0.15, 0.2) is 18.1 Å². The van der Waals surface area contributed by atoms with Gasteiger partial charge in [0.1, 0.15) is 11.6 Å². The van der Waals surface area contributed by atoms with E-state index in [1.807, 2.05) is 0 Å². The predicted molar refractivity (Wildman–Crippen MR) is 97.4 cm³/mol. The van der Waals surface area contributed by atoms with Crippen LogP contribution in [0.5, 0.6) is 5.75 Å². The van der Waals surface area contributed by atoms with Crippen LogP contribution in [0.25, 0.3) is 11.6 Å². The summed E-state index contributed by atoms with van der Waals surface area (Å²) in [4.78, 5) is 18.5.